The molecule has 0 saturated carbocycles. The van der Waals surface area contributed by atoms with E-state index in [-0.39, 0.29) is 16.5 Å². The highest BCUT2D eigenvalue weighted by molar-refractivity contribution is 7.92. The molecule has 0 atom stereocenters. The maximum atomic E-state index is 14.0. The highest BCUT2D eigenvalue weighted by atomic mass is 32.2. The van der Waals surface area contributed by atoms with Crippen molar-refractivity contribution >= 4 is 15.7 Å². The Labute approximate surface area is 150 Å². The summed E-state index contributed by atoms with van der Waals surface area (Å²) in [5.74, 6) is 0.0244. The number of nitrogens with zero attached hydrogens (tertiary/aromatic N) is 2. The van der Waals surface area contributed by atoms with Crippen molar-refractivity contribution in [1.82, 2.24) is 15.2 Å². The zero-order valence-electron chi connectivity index (χ0n) is 14.8. The van der Waals surface area contributed by atoms with E-state index in [4.69, 9.17) is 4.42 Å². The molecule has 0 bridgehead atoms. The Balaban J connectivity index is 2.04. The van der Waals surface area contributed by atoms with Gasteiger partial charge >= 0.3 is 0 Å². The number of aromatic nitrogens is 3. The van der Waals surface area contributed by atoms with Crippen molar-refractivity contribution in [1.29, 1.82) is 0 Å². The van der Waals surface area contributed by atoms with E-state index in [1.54, 1.807) is 26.8 Å². The van der Waals surface area contributed by atoms with E-state index in [1.807, 2.05) is 6.92 Å². The standard InChI is InChI=1S/C17H19FN4O3S/c1-5-14-20-21-17(25-14)15-10(3)16(11(4)19-15)26(23,24)22-13-8-9(2)6-7-12(13)18/h6-8,19,22H,5H2,1-4H3. The van der Waals surface area contributed by atoms with Crippen molar-refractivity contribution in [3.8, 4) is 11.6 Å². The van der Waals surface area contributed by atoms with Gasteiger partial charge in [0.2, 0.25) is 5.89 Å². The van der Waals surface area contributed by atoms with Crippen molar-refractivity contribution in [2.24, 2.45) is 0 Å². The molecular formula is C17H19FN4O3S. The largest absolute Gasteiger partial charge is 0.419 e. The van der Waals surface area contributed by atoms with E-state index >= 15 is 0 Å². The molecule has 0 aliphatic carbocycles. The molecule has 9 heteroatoms. The molecule has 0 aliphatic heterocycles. The van der Waals surface area contributed by atoms with Gasteiger partial charge in [-0.05, 0) is 38.5 Å². The fraction of sp³-hybridized carbons (Fsp3) is 0.294. The van der Waals surface area contributed by atoms with Crippen molar-refractivity contribution in [3.63, 3.8) is 0 Å². The van der Waals surface area contributed by atoms with Gasteiger partial charge in [0.05, 0.1) is 5.69 Å². The van der Waals surface area contributed by atoms with Crippen LogP contribution in [0.1, 0.15) is 29.6 Å². The maximum Gasteiger partial charge on any atom is 0.264 e. The van der Waals surface area contributed by atoms with Crippen LogP contribution in [0.25, 0.3) is 11.6 Å². The number of benzene rings is 1. The lowest BCUT2D eigenvalue weighted by Crippen LogP contribution is -2.15. The van der Waals surface area contributed by atoms with Gasteiger partial charge in [-0.15, -0.1) is 10.2 Å². The fourth-order valence-electron chi connectivity index (χ4n) is 2.76. The first kappa shape index (κ1) is 18.1. The van der Waals surface area contributed by atoms with E-state index < -0.39 is 15.8 Å². The lowest BCUT2D eigenvalue weighted by Gasteiger charge is -2.10. The van der Waals surface area contributed by atoms with Gasteiger partial charge in [0.25, 0.3) is 15.9 Å². The van der Waals surface area contributed by atoms with Gasteiger partial charge in [-0.2, -0.15) is 0 Å². The lowest BCUT2D eigenvalue weighted by molar-refractivity contribution is 0.511. The van der Waals surface area contributed by atoms with Crippen LogP contribution in [0.4, 0.5) is 10.1 Å². The van der Waals surface area contributed by atoms with E-state index in [9.17, 15) is 12.8 Å². The number of hydrogen-bond donors (Lipinski definition) is 2. The molecule has 2 aromatic heterocycles. The Morgan fingerprint density at radius 3 is 2.62 bits per heavy atom. The molecule has 138 valence electrons. The van der Waals surface area contributed by atoms with E-state index in [2.05, 4.69) is 19.9 Å². The van der Waals surface area contributed by atoms with Crippen molar-refractivity contribution in [2.45, 2.75) is 39.0 Å². The highest BCUT2D eigenvalue weighted by Gasteiger charge is 2.27. The third kappa shape index (κ3) is 3.22. The van der Waals surface area contributed by atoms with Gasteiger partial charge in [-0.25, -0.2) is 12.8 Å². The molecule has 0 fully saturated rings. The number of anilines is 1. The highest BCUT2D eigenvalue weighted by Crippen LogP contribution is 2.31. The normalized spacial score (nSPS) is 11.7. The number of hydrogen-bond acceptors (Lipinski definition) is 5. The average Bonchev–Trinajstić information content (AvgIpc) is 3.15. The summed E-state index contributed by atoms with van der Waals surface area (Å²) in [6.45, 7) is 6.88. The lowest BCUT2D eigenvalue weighted by atomic mass is 10.2. The van der Waals surface area contributed by atoms with Crippen LogP contribution >= 0.6 is 0 Å². The summed E-state index contributed by atoms with van der Waals surface area (Å²) in [7, 11) is -4.01. The van der Waals surface area contributed by atoms with Crippen LogP contribution in [0, 0.1) is 26.6 Å². The number of sulfonamides is 1. The fourth-order valence-corrected chi connectivity index (χ4v) is 4.27. The molecule has 26 heavy (non-hydrogen) atoms. The molecule has 0 radical (unpaired) electrons. The molecule has 3 rings (SSSR count). The summed E-state index contributed by atoms with van der Waals surface area (Å²) in [5.41, 5.74) is 1.89. The van der Waals surface area contributed by atoms with Crippen LogP contribution in [0.5, 0.6) is 0 Å². The molecule has 0 saturated heterocycles. The first-order valence-corrected chi connectivity index (χ1v) is 9.52. The number of rotatable bonds is 5. The third-order valence-electron chi connectivity index (χ3n) is 3.99. The van der Waals surface area contributed by atoms with Gasteiger partial charge in [0.1, 0.15) is 16.4 Å². The zero-order chi connectivity index (χ0) is 19.1. The second kappa shape index (κ2) is 6.56. The van der Waals surface area contributed by atoms with Gasteiger partial charge in [-0.1, -0.05) is 13.0 Å². The Morgan fingerprint density at radius 2 is 1.96 bits per heavy atom. The smallest absolute Gasteiger partial charge is 0.264 e. The molecule has 0 amide bonds. The Kier molecular flexibility index (Phi) is 4.57. The Morgan fingerprint density at radius 1 is 1.23 bits per heavy atom. The van der Waals surface area contributed by atoms with Crippen LogP contribution in [-0.2, 0) is 16.4 Å². The van der Waals surface area contributed by atoms with Gasteiger partial charge in [-0.3, -0.25) is 4.72 Å². The van der Waals surface area contributed by atoms with Crippen molar-refractivity contribution in [3.05, 3.63) is 46.7 Å². The molecule has 7 nitrogen and oxygen atoms in total. The van der Waals surface area contributed by atoms with Crippen molar-refractivity contribution < 1.29 is 17.2 Å². The van der Waals surface area contributed by atoms with Gasteiger partial charge in [0.15, 0.2) is 0 Å². The van der Waals surface area contributed by atoms with Crippen LogP contribution < -0.4 is 4.72 Å². The molecule has 3 aromatic rings. The van der Waals surface area contributed by atoms with E-state index in [0.717, 1.165) is 5.56 Å². The summed E-state index contributed by atoms with van der Waals surface area (Å²) >= 11 is 0. The summed E-state index contributed by atoms with van der Waals surface area (Å²) in [4.78, 5) is 3.01. The molecule has 1 aromatic carbocycles. The minimum absolute atomic E-state index is 0.0321. The summed E-state index contributed by atoms with van der Waals surface area (Å²) in [6, 6.07) is 4.23. The van der Waals surface area contributed by atoms with Crippen LogP contribution in [-0.4, -0.2) is 23.6 Å². The quantitative estimate of drug-likeness (QED) is 0.708. The molecule has 2 N–H and O–H groups in total. The maximum absolute atomic E-state index is 14.0. The first-order valence-electron chi connectivity index (χ1n) is 8.03. The minimum atomic E-state index is -4.01. The predicted molar refractivity (Wildman–Crippen MR) is 94.9 cm³/mol. The van der Waals surface area contributed by atoms with Crippen LogP contribution in [0.3, 0.4) is 0 Å². The third-order valence-corrected chi connectivity index (χ3v) is 5.63. The van der Waals surface area contributed by atoms with Crippen LogP contribution in [0.2, 0.25) is 0 Å². The number of nitrogens with one attached hydrogen (secondary N) is 2. The predicted octanol–water partition coefficient (Wildman–Crippen LogP) is 3.49. The summed E-state index contributed by atoms with van der Waals surface area (Å²) in [6.07, 6.45) is 0.574. The molecule has 0 spiro atoms. The van der Waals surface area contributed by atoms with E-state index in [1.165, 1.54) is 12.1 Å². The van der Waals surface area contributed by atoms with Crippen molar-refractivity contribution in [2.75, 3.05) is 4.72 Å². The van der Waals surface area contributed by atoms with E-state index in [0.29, 0.717) is 29.3 Å². The second-order valence-electron chi connectivity index (χ2n) is 6.02. The number of halogens is 1. The number of aromatic amines is 1. The average molecular weight is 378 g/mol. The monoisotopic (exact) mass is 378 g/mol. The number of aryl methyl sites for hydroxylation is 3. The summed E-state index contributed by atoms with van der Waals surface area (Å²) in [5, 5.41) is 7.83. The van der Waals surface area contributed by atoms with Gasteiger partial charge in [0, 0.05) is 17.7 Å². The Bertz CT molecular complexity index is 1070. The van der Waals surface area contributed by atoms with Gasteiger partial charge < -0.3 is 9.40 Å². The minimum Gasteiger partial charge on any atom is -0.419 e. The Hall–Kier alpha value is -2.68. The second-order valence-corrected chi connectivity index (χ2v) is 7.64. The molecule has 0 unspecified atom stereocenters. The zero-order valence-corrected chi connectivity index (χ0v) is 15.7. The topological polar surface area (TPSA) is 101 Å². The first-order chi connectivity index (χ1) is 12.2. The molecule has 2 heterocycles. The summed E-state index contributed by atoms with van der Waals surface area (Å²) < 4.78 is 47.5. The van der Waals surface area contributed by atoms with Crippen LogP contribution in [0.15, 0.2) is 27.5 Å². The number of H-pyrrole nitrogens is 1. The molecular weight excluding hydrogens is 359 g/mol. The molecule has 0 aliphatic rings. The SMILES string of the molecule is CCc1nnc(-c2[nH]c(C)c(S(=O)(=O)Nc3cc(C)ccc3F)c2C)o1.